The van der Waals surface area contributed by atoms with E-state index in [0.717, 1.165) is 0 Å². The number of para-hydroxylation sites is 1. The zero-order chi connectivity index (χ0) is 13.7. The molecule has 0 aliphatic heterocycles. The summed E-state index contributed by atoms with van der Waals surface area (Å²) >= 11 is 0. The molecule has 19 heavy (non-hydrogen) atoms. The third-order valence-corrected chi connectivity index (χ3v) is 2.51. The van der Waals surface area contributed by atoms with Gasteiger partial charge in [0.15, 0.2) is 5.82 Å². The molecule has 1 heterocycles. The van der Waals surface area contributed by atoms with E-state index in [2.05, 4.69) is 26.7 Å². The highest BCUT2D eigenvalue weighted by atomic mass is 16.5. The lowest BCUT2D eigenvalue weighted by Crippen LogP contribution is -2.01. The Balaban J connectivity index is 2.39. The second-order valence-corrected chi connectivity index (χ2v) is 3.66. The van der Waals surface area contributed by atoms with Crippen molar-refractivity contribution in [3.05, 3.63) is 36.2 Å². The molecule has 2 rings (SSSR count). The topological polar surface area (TPSA) is 82.9 Å². The first-order valence-electron chi connectivity index (χ1n) is 5.62. The van der Waals surface area contributed by atoms with Crippen molar-refractivity contribution in [1.29, 1.82) is 5.26 Å². The molecule has 1 aromatic heterocycles. The Labute approximate surface area is 111 Å². The quantitative estimate of drug-likeness (QED) is 0.871. The molecule has 0 saturated heterocycles. The van der Waals surface area contributed by atoms with Gasteiger partial charge < -0.3 is 15.4 Å². The highest BCUT2D eigenvalue weighted by Crippen LogP contribution is 2.30. The maximum Gasteiger partial charge on any atom is 0.151 e. The number of aromatic nitrogens is 2. The molecule has 0 fully saturated rings. The SMILES string of the molecule is CNc1cncc(Nc2c(C#N)cccc2OC)n1. The standard InChI is InChI=1S/C13H13N5O/c1-15-11-7-16-8-12(17-11)18-13-9(6-14)4-3-5-10(13)19-2/h3-5,7-8H,1-2H3,(H2,15,17,18). The van der Waals surface area contributed by atoms with Crippen molar-refractivity contribution in [1.82, 2.24) is 9.97 Å². The van der Waals surface area contributed by atoms with Crippen LogP contribution in [0.2, 0.25) is 0 Å². The lowest BCUT2D eigenvalue weighted by Gasteiger charge is -2.12. The molecule has 96 valence electrons. The highest BCUT2D eigenvalue weighted by Gasteiger charge is 2.10. The summed E-state index contributed by atoms with van der Waals surface area (Å²) in [6.07, 6.45) is 3.19. The molecule has 6 nitrogen and oxygen atoms in total. The molecule has 0 saturated carbocycles. The van der Waals surface area contributed by atoms with Crippen LogP contribution in [0.5, 0.6) is 5.75 Å². The fourth-order valence-corrected chi connectivity index (χ4v) is 1.60. The van der Waals surface area contributed by atoms with Crippen molar-refractivity contribution in [3.8, 4) is 11.8 Å². The van der Waals surface area contributed by atoms with E-state index < -0.39 is 0 Å². The van der Waals surface area contributed by atoms with E-state index in [9.17, 15) is 0 Å². The second kappa shape index (κ2) is 5.69. The summed E-state index contributed by atoms with van der Waals surface area (Å²) in [4.78, 5) is 8.34. The number of methoxy groups -OCH3 is 1. The van der Waals surface area contributed by atoms with Gasteiger partial charge in [0.25, 0.3) is 0 Å². The van der Waals surface area contributed by atoms with Crippen LogP contribution in [-0.4, -0.2) is 24.1 Å². The first-order valence-corrected chi connectivity index (χ1v) is 5.62. The molecule has 2 aromatic rings. The lowest BCUT2D eigenvalue weighted by atomic mass is 10.2. The average molecular weight is 255 g/mol. The largest absolute Gasteiger partial charge is 0.495 e. The van der Waals surface area contributed by atoms with Crippen LogP contribution in [0.15, 0.2) is 30.6 Å². The molecule has 0 aliphatic carbocycles. The van der Waals surface area contributed by atoms with Crippen LogP contribution in [-0.2, 0) is 0 Å². The highest BCUT2D eigenvalue weighted by molar-refractivity contribution is 5.71. The van der Waals surface area contributed by atoms with Gasteiger partial charge in [0.05, 0.1) is 25.1 Å². The van der Waals surface area contributed by atoms with Crippen molar-refractivity contribution in [2.75, 3.05) is 24.8 Å². The van der Waals surface area contributed by atoms with Crippen LogP contribution in [0.4, 0.5) is 17.3 Å². The van der Waals surface area contributed by atoms with Gasteiger partial charge >= 0.3 is 0 Å². The summed E-state index contributed by atoms with van der Waals surface area (Å²) in [6.45, 7) is 0. The van der Waals surface area contributed by atoms with Gasteiger partial charge in [0, 0.05) is 7.05 Å². The lowest BCUT2D eigenvalue weighted by molar-refractivity contribution is 0.416. The summed E-state index contributed by atoms with van der Waals surface area (Å²) in [7, 11) is 3.31. The van der Waals surface area contributed by atoms with Crippen molar-refractivity contribution in [2.24, 2.45) is 0 Å². The minimum Gasteiger partial charge on any atom is -0.495 e. The average Bonchev–Trinajstić information content (AvgIpc) is 2.47. The summed E-state index contributed by atoms with van der Waals surface area (Å²) in [5.74, 6) is 1.75. The van der Waals surface area contributed by atoms with Gasteiger partial charge in [-0.25, -0.2) is 4.98 Å². The number of benzene rings is 1. The Kier molecular flexibility index (Phi) is 3.78. The number of nitrogens with one attached hydrogen (secondary N) is 2. The number of hydrogen-bond donors (Lipinski definition) is 2. The van der Waals surface area contributed by atoms with Crippen LogP contribution in [0.3, 0.4) is 0 Å². The minimum absolute atomic E-state index is 0.482. The van der Waals surface area contributed by atoms with E-state index in [1.807, 2.05) is 0 Å². The Morgan fingerprint density at radius 2 is 2.05 bits per heavy atom. The van der Waals surface area contributed by atoms with E-state index in [4.69, 9.17) is 10.00 Å². The van der Waals surface area contributed by atoms with E-state index in [1.54, 1.807) is 44.8 Å². The molecule has 0 bridgehead atoms. The molecule has 0 radical (unpaired) electrons. The van der Waals surface area contributed by atoms with Crippen molar-refractivity contribution in [2.45, 2.75) is 0 Å². The van der Waals surface area contributed by atoms with E-state index in [1.165, 1.54) is 0 Å². The van der Waals surface area contributed by atoms with Gasteiger partial charge in [-0.15, -0.1) is 0 Å². The molecular formula is C13H13N5O. The predicted octanol–water partition coefficient (Wildman–Crippen LogP) is 2.14. The first-order chi connectivity index (χ1) is 9.28. The number of anilines is 3. The van der Waals surface area contributed by atoms with Gasteiger partial charge in [0.2, 0.25) is 0 Å². The zero-order valence-corrected chi connectivity index (χ0v) is 10.6. The number of nitriles is 1. The number of ether oxygens (including phenoxy) is 1. The molecule has 0 aliphatic rings. The van der Waals surface area contributed by atoms with E-state index in [-0.39, 0.29) is 0 Å². The van der Waals surface area contributed by atoms with Gasteiger partial charge in [-0.1, -0.05) is 6.07 Å². The third kappa shape index (κ3) is 2.72. The van der Waals surface area contributed by atoms with Gasteiger partial charge in [0.1, 0.15) is 23.3 Å². The van der Waals surface area contributed by atoms with E-state index >= 15 is 0 Å². The van der Waals surface area contributed by atoms with Crippen LogP contribution >= 0.6 is 0 Å². The number of hydrogen-bond acceptors (Lipinski definition) is 6. The van der Waals surface area contributed by atoms with E-state index in [0.29, 0.717) is 28.6 Å². The van der Waals surface area contributed by atoms with Gasteiger partial charge in [-0.05, 0) is 12.1 Å². The summed E-state index contributed by atoms with van der Waals surface area (Å²) in [6, 6.07) is 7.36. The molecule has 6 heteroatoms. The van der Waals surface area contributed by atoms with Crippen LogP contribution in [0.1, 0.15) is 5.56 Å². The maximum absolute atomic E-state index is 9.12. The smallest absolute Gasteiger partial charge is 0.151 e. The molecule has 0 spiro atoms. The number of nitrogens with zero attached hydrogens (tertiary/aromatic N) is 3. The summed E-state index contributed by atoms with van der Waals surface area (Å²) < 4.78 is 5.24. The van der Waals surface area contributed by atoms with Gasteiger partial charge in [-0.3, -0.25) is 4.98 Å². The fraction of sp³-hybridized carbons (Fsp3) is 0.154. The summed E-state index contributed by atoms with van der Waals surface area (Å²) in [5, 5.41) is 15.1. The van der Waals surface area contributed by atoms with Crippen LogP contribution in [0, 0.1) is 11.3 Å². The maximum atomic E-state index is 9.12. The van der Waals surface area contributed by atoms with Crippen molar-refractivity contribution >= 4 is 17.3 Å². The van der Waals surface area contributed by atoms with Crippen LogP contribution in [0.25, 0.3) is 0 Å². The second-order valence-electron chi connectivity index (χ2n) is 3.66. The van der Waals surface area contributed by atoms with Crippen molar-refractivity contribution in [3.63, 3.8) is 0 Å². The Morgan fingerprint density at radius 3 is 2.74 bits per heavy atom. The van der Waals surface area contributed by atoms with Crippen LogP contribution < -0.4 is 15.4 Å². The predicted molar refractivity (Wildman–Crippen MR) is 72.6 cm³/mol. The van der Waals surface area contributed by atoms with Gasteiger partial charge in [-0.2, -0.15) is 5.26 Å². The number of rotatable bonds is 4. The first kappa shape index (κ1) is 12.6. The Morgan fingerprint density at radius 1 is 1.26 bits per heavy atom. The fourth-order valence-electron chi connectivity index (χ4n) is 1.60. The molecular weight excluding hydrogens is 242 g/mol. The monoisotopic (exact) mass is 255 g/mol. The molecule has 1 aromatic carbocycles. The molecule has 0 amide bonds. The normalized spacial score (nSPS) is 9.53. The molecule has 0 unspecified atom stereocenters. The Hall–Kier alpha value is -2.81. The van der Waals surface area contributed by atoms with Crippen molar-refractivity contribution < 1.29 is 4.74 Å². The molecule has 0 atom stereocenters. The Bertz CT molecular complexity index is 621. The minimum atomic E-state index is 0.482. The summed E-state index contributed by atoms with van der Waals surface area (Å²) in [5.41, 5.74) is 1.06. The molecule has 2 N–H and O–H groups in total. The third-order valence-electron chi connectivity index (χ3n) is 2.51. The zero-order valence-electron chi connectivity index (χ0n) is 10.6.